The molecule has 1 unspecified atom stereocenters. The van der Waals surface area contributed by atoms with Crippen LogP contribution in [0.4, 0.5) is 4.79 Å². The average molecular weight is 296 g/mol. The van der Waals surface area contributed by atoms with Gasteiger partial charge in [-0.15, -0.1) is 0 Å². The smallest absolute Gasteiger partial charge is 0.326 e. The first kappa shape index (κ1) is 15.3. The summed E-state index contributed by atoms with van der Waals surface area (Å²) in [6.45, 7) is 3.53. The Bertz CT molecular complexity index is 477. The minimum absolute atomic E-state index is 0.0471. The molecule has 1 aromatic rings. The molecule has 0 aromatic carbocycles. The zero-order chi connectivity index (χ0) is 15.2. The molecule has 1 aliphatic heterocycles. The Morgan fingerprint density at radius 2 is 2.48 bits per heavy atom. The number of H-pyrrole nitrogens is 1. The normalized spacial score (nSPS) is 20.6. The Labute approximate surface area is 122 Å². The molecule has 2 heterocycles. The second kappa shape index (κ2) is 7.07. The maximum Gasteiger partial charge on any atom is 0.326 e. The molecule has 0 aliphatic carbocycles. The van der Waals surface area contributed by atoms with Gasteiger partial charge in [-0.3, -0.25) is 0 Å². The van der Waals surface area contributed by atoms with Gasteiger partial charge in [0.2, 0.25) is 0 Å². The van der Waals surface area contributed by atoms with Crippen LogP contribution in [0.15, 0.2) is 12.5 Å². The fourth-order valence-corrected chi connectivity index (χ4v) is 2.24. The molecular formula is C13H20N4O4. The summed E-state index contributed by atoms with van der Waals surface area (Å²) in [5.41, 5.74) is 0.662. The van der Waals surface area contributed by atoms with Crippen molar-refractivity contribution in [3.8, 4) is 0 Å². The van der Waals surface area contributed by atoms with Gasteiger partial charge in [-0.2, -0.15) is 0 Å². The van der Waals surface area contributed by atoms with Gasteiger partial charge in [0.25, 0.3) is 0 Å². The molecule has 1 fully saturated rings. The molecule has 1 aliphatic rings. The lowest BCUT2D eigenvalue weighted by Gasteiger charge is -2.24. The predicted molar refractivity (Wildman–Crippen MR) is 73.9 cm³/mol. The van der Waals surface area contributed by atoms with E-state index in [9.17, 15) is 14.7 Å². The highest BCUT2D eigenvalue weighted by molar-refractivity contribution is 5.82. The summed E-state index contributed by atoms with van der Waals surface area (Å²) >= 11 is 0. The molecule has 0 bridgehead atoms. The highest BCUT2D eigenvalue weighted by atomic mass is 16.5. The topological polar surface area (TPSA) is 108 Å². The van der Waals surface area contributed by atoms with E-state index < -0.39 is 12.0 Å². The van der Waals surface area contributed by atoms with Crippen molar-refractivity contribution in [1.29, 1.82) is 0 Å². The highest BCUT2D eigenvalue weighted by Crippen LogP contribution is 2.07. The molecule has 8 nitrogen and oxygen atoms in total. The molecule has 0 saturated carbocycles. The number of aromatic nitrogens is 2. The van der Waals surface area contributed by atoms with Crippen LogP contribution in [-0.4, -0.2) is 63.8 Å². The van der Waals surface area contributed by atoms with Gasteiger partial charge in [0.05, 0.1) is 12.4 Å². The van der Waals surface area contributed by atoms with E-state index >= 15 is 0 Å². The Morgan fingerprint density at radius 3 is 3.14 bits per heavy atom. The summed E-state index contributed by atoms with van der Waals surface area (Å²) in [7, 11) is 0. The maximum atomic E-state index is 12.2. The van der Waals surface area contributed by atoms with Crippen molar-refractivity contribution < 1.29 is 19.4 Å². The van der Waals surface area contributed by atoms with Crippen LogP contribution in [0.25, 0.3) is 0 Å². The van der Waals surface area contributed by atoms with E-state index in [4.69, 9.17) is 4.74 Å². The van der Waals surface area contributed by atoms with Crippen LogP contribution in [0.2, 0.25) is 0 Å². The van der Waals surface area contributed by atoms with Crippen LogP contribution in [-0.2, 0) is 16.0 Å². The van der Waals surface area contributed by atoms with E-state index in [0.717, 1.165) is 6.42 Å². The number of nitrogens with zero attached hydrogens (tertiary/aromatic N) is 2. The van der Waals surface area contributed by atoms with Crippen molar-refractivity contribution in [3.05, 3.63) is 18.2 Å². The second-order valence-corrected chi connectivity index (χ2v) is 5.10. The standard InChI is InChI=1S/C13H20N4O4/c1-9-7-17(3-2-4-21-9)13(20)16-11(12(18)19)5-10-6-14-8-15-10/h6,8-9,11H,2-5,7H2,1H3,(H,14,15)(H,16,20)(H,18,19)/t9?,11-/m0/s1. The van der Waals surface area contributed by atoms with Crippen molar-refractivity contribution in [2.75, 3.05) is 19.7 Å². The number of hydrogen-bond acceptors (Lipinski definition) is 4. The first-order valence-corrected chi connectivity index (χ1v) is 6.93. The quantitative estimate of drug-likeness (QED) is 0.737. The van der Waals surface area contributed by atoms with Crippen molar-refractivity contribution >= 4 is 12.0 Å². The molecule has 116 valence electrons. The molecule has 2 rings (SSSR count). The number of hydrogen-bond donors (Lipinski definition) is 3. The van der Waals surface area contributed by atoms with E-state index in [0.29, 0.717) is 25.4 Å². The Morgan fingerprint density at radius 1 is 1.67 bits per heavy atom. The van der Waals surface area contributed by atoms with Crippen LogP contribution in [0.3, 0.4) is 0 Å². The van der Waals surface area contributed by atoms with Crippen molar-refractivity contribution in [2.24, 2.45) is 0 Å². The first-order valence-electron chi connectivity index (χ1n) is 6.93. The lowest BCUT2D eigenvalue weighted by atomic mass is 10.1. The molecule has 8 heteroatoms. The van der Waals surface area contributed by atoms with Crippen molar-refractivity contribution in [2.45, 2.75) is 31.9 Å². The summed E-state index contributed by atoms with van der Waals surface area (Å²) in [4.78, 5) is 31.8. The summed E-state index contributed by atoms with van der Waals surface area (Å²) in [6, 6.07) is -1.36. The lowest BCUT2D eigenvalue weighted by Crippen LogP contribution is -2.50. The monoisotopic (exact) mass is 296 g/mol. The number of carbonyl (C=O) groups is 2. The van der Waals surface area contributed by atoms with E-state index in [-0.39, 0.29) is 18.6 Å². The zero-order valence-electron chi connectivity index (χ0n) is 11.9. The van der Waals surface area contributed by atoms with E-state index in [1.807, 2.05) is 6.92 Å². The van der Waals surface area contributed by atoms with Crippen LogP contribution in [0.5, 0.6) is 0 Å². The van der Waals surface area contributed by atoms with Gasteiger partial charge in [-0.1, -0.05) is 0 Å². The SMILES string of the molecule is CC1CN(C(=O)N[C@@H](Cc2cnc[nH]2)C(=O)O)CCCO1. The van der Waals surface area contributed by atoms with Crippen LogP contribution in [0, 0.1) is 0 Å². The minimum atomic E-state index is -1.07. The molecule has 1 aromatic heterocycles. The highest BCUT2D eigenvalue weighted by Gasteiger charge is 2.25. The van der Waals surface area contributed by atoms with Gasteiger partial charge in [-0.05, 0) is 13.3 Å². The van der Waals surface area contributed by atoms with Gasteiger partial charge in [0.15, 0.2) is 0 Å². The summed E-state index contributed by atoms with van der Waals surface area (Å²) < 4.78 is 5.47. The fraction of sp³-hybridized carbons (Fsp3) is 0.615. The van der Waals surface area contributed by atoms with Gasteiger partial charge in [0, 0.05) is 38.0 Å². The fourth-order valence-electron chi connectivity index (χ4n) is 2.24. The van der Waals surface area contributed by atoms with Crippen LogP contribution < -0.4 is 5.32 Å². The molecule has 0 spiro atoms. The van der Waals surface area contributed by atoms with Crippen LogP contribution >= 0.6 is 0 Å². The Balaban J connectivity index is 1.95. The molecule has 3 N–H and O–H groups in total. The Kier molecular flexibility index (Phi) is 5.15. The largest absolute Gasteiger partial charge is 0.480 e. The van der Waals surface area contributed by atoms with Gasteiger partial charge >= 0.3 is 12.0 Å². The molecular weight excluding hydrogens is 276 g/mol. The third kappa shape index (κ3) is 4.45. The van der Waals surface area contributed by atoms with E-state index in [1.165, 1.54) is 6.33 Å². The van der Waals surface area contributed by atoms with Crippen molar-refractivity contribution in [1.82, 2.24) is 20.2 Å². The number of ether oxygens (including phenoxy) is 1. The number of carbonyl (C=O) groups excluding carboxylic acids is 1. The minimum Gasteiger partial charge on any atom is -0.480 e. The van der Waals surface area contributed by atoms with Crippen LogP contribution in [0.1, 0.15) is 19.0 Å². The molecule has 21 heavy (non-hydrogen) atoms. The number of rotatable bonds is 4. The number of aliphatic carboxylic acids is 1. The lowest BCUT2D eigenvalue weighted by molar-refractivity contribution is -0.139. The summed E-state index contributed by atoms with van der Waals surface area (Å²) in [5.74, 6) is -1.07. The molecule has 2 amide bonds. The number of amides is 2. The number of imidazole rings is 1. The van der Waals surface area contributed by atoms with Crippen molar-refractivity contribution in [3.63, 3.8) is 0 Å². The number of carboxylic acids is 1. The van der Waals surface area contributed by atoms with E-state index in [1.54, 1.807) is 11.1 Å². The van der Waals surface area contributed by atoms with E-state index in [2.05, 4.69) is 15.3 Å². The number of carboxylic acid groups (broad SMARTS) is 1. The summed E-state index contributed by atoms with van der Waals surface area (Å²) in [6.07, 6.45) is 3.89. The third-order valence-corrected chi connectivity index (χ3v) is 3.31. The second-order valence-electron chi connectivity index (χ2n) is 5.10. The summed E-state index contributed by atoms with van der Waals surface area (Å²) in [5, 5.41) is 11.8. The molecule has 2 atom stereocenters. The first-order chi connectivity index (χ1) is 10.1. The third-order valence-electron chi connectivity index (χ3n) is 3.31. The number of urea groups is 1. The number of aromatic amines is 1. The molecule has 0 radical (unpaired) electrons. The van der Waals surface area contributed by atoms with Gasteiger partial charge in [-0.25, -0.2) is 14.6 Å². The average Bonchev–Trinajstić information content (AvgIpc) is 2.84. The zero-order valence-corrected chi connectivity index (χ0v) is 11.9. The van der Waals surface area contributed by atoms with Gasteiger partial charge in [0.1, 0.15) is 6.04 Å². The predicted octanol–water partition coefficient (Wildman–Crippen LogP) is 0.226. The van der Waals surface area contributed by atoms with Gasteiger partial charge < -0.3 is 25.0 Å². The maximum absolute atomic E-state index is 12.2. The Hall–Kier alpha value is -2.09. The molecule has 1 saturated heterocycles. The number of nitrogens with one attached hydrogen (secondary N) is 2.